The van der Waals surface area contributed by atoms with E-state index < -0.39 is 11.2 Å². The average Bonchev–Trinajstić information content (AvgIpc) is 3.56. The smallest absolute Gasteiger partial charge is 0.332 e. The number of nitrogens with one attached hydrogen (secondary N) is 1. The highest BCUT2D eigenvalue weighted by molar-refractivity contribution is 8.22. The minimum atomic E-state index is -0.435. The zero-order chi connectivity index (χ0) is 24.4. The Labute approximate surface area is 212 Å². The first-order chi connectivity index (χ1) is 16.3. The van der Waals surface area contributed by atoms with Gasteiger partial charge in [-0.15, -0.1) is 10.2 Å². The van der Waals surface area contributed by atoms with Crippen LogP contribution in [-0.4, -0.2) is 62.9 Å². The van der Waals surface area contributed by atoms with Crippen molar-refractivity contribution in [1.82, 2.24) is 33.8 Å². The van der Waals surface area contributed by atoms with Crippen LogP contribution >= 0.6 is 47.1 Å². The summed E-state index contributed by atoms with van der Waals surface area (Å²) in [5.41, 5.74) is -0.154. The summed E-state index contributed by atoms with van der Waals surface area (Å²) in [4.78, 5) is 43.9. The third-order valence-electron chi connectivity index (χ3n) is 5.38. The highest BCUT2D eigenvalue weighted by Crippen LogP contribution is 2.32. The third kappa shape index (κ3) is 5.06. The Kier molecular flexibility index (Phi) is 7.74. The number of fused-ring (bicyclic) bond motifs is 1. The first-order valence-corrected chi connectivity index (χ1v) is 13.7. The van der Waals surface area contributed by atoms with Crippen molar-refractivity contribution in [3.05, 3.63) is 20.8 Å². The third-order valence-corrected chi connectivity index (χ3v) is 8.79. The van der Waals surface area contributed by atoms with Gasteiger partial charge in [0.2, 0.25) is 11.0 Å². The van der Waals surface area contributed by atoms with Gasteiger partial charge in [0.05, 0.1) is 0 Å². The summed E-state index contributed by atoms with van der Waals surface area (Å²) in [5.74, 6) is 0.458. The van der Waals surface area contributed by atoms with Gasteiger partial charge in [-0.1, -0.05) is 35.3 Å². The Bertz CT molecular complexity index is 1350. The van der Waals surface area contributed by atoms with Crippen LogP contribution in [-0.2, 0) is 25.4 Å². The number of thioether (sulfide) groups is 1. The number of hydrogen-bond acceptors (Lipinski definition) is 10. The Morgan fingerprint density at radius 2 is 1.91 bits per heavy atom. The SMILES string of the molecule is CCn1c(Sc2nnc(NC(=O)CCSC(=S)N3CCCC3)s2)nc2c1c(=O)n(C)c(=O)n2C. The molecule has 0 radical (unpaired) electrons. The molecule has 0 spiro atoms. The van der Waals surface area contributed by atoms with E-state index in [1.807, 2.05) is 6.92 Å². The van der Waals surface area contributed by atoms with Crippen LogP contribution in [0.1, 0.15) is 26.2 Å². The Balaban J connectivity index is 1.41. The van der Waals surface area contributed by atoms with Gasteiger partial charge in [0.25, 0.3) is 5.56 Å². The number of rotatable bonds is 7. The molecule has 15 heteroatoms. The fourth-order valence-electron chi connectivity index (χ4n) is 3.58. The van der Waals surface area contributed by atoms with Crippen molar-refractivity contribution in [2.45, 2.75) is 42.2 Å². The molecule has 11 nitrogen and oxygen atoms in total. The van der Waals surface area contributed by atoms with Gasteiger partial charge in [-0.3, -0.25) is 18.7 Å². The summed E-state index contributed by atoms with van der Waals surface area (Å²) in [7, 11) is 3.03. The number of nitrogens with zero attached hydrogens (tertiary/aromatic N) is 7. The molecule has 1 aliphatic heterocycles. The largest absolute Gasteiger partial charge is 0.358 e. The van der Waals surface area contributed by atoms with Crippen LogP contribution in [0, 0.1) is 0 Å². The number of imidazole rings is 1. The van der Waals surface area contributed by atoms with Gasteiger partial charge in [0, 0.05) is 45.9 Å². The van der Waals surface area contributed by atoms with E-state index in [2.05, 4.69) is 25.4 Å². The number of carbonyl (C=O) groups excluding carboxylic acids is 1. The number of anilines is 1. The lowest BCUT2D eigenvalue weighted by Gasteiger charge is -2.17. The van der Waals surface area contributed by atoms with E-state index in [9.17, 15) is 14.4 Å². The summed E-state index contributed by atoms with van der Waals surface area (Å²) in [6.45, 7) is 4.39. The standard InChI is InChI=1S/C19H24N8O3S4/c1-4-27-12-13(24(2)18(30)25(3)14(12)29)21-16(27)34-17-23-22-15(33-17)20-11(28)7-10-32-19(31)26-8-5-6-9-26/h4-10H2,1-3H3,(H,20,22,28). The molecule has 0 atom stereocenters. The second kappa shape index (κ2) is 10.6. The molecule has 0 saturated carbocycles. The lowest BCUT2D eigenvalue weighted by molar-refractivity contribution is -0.115. The van der Waals surface area contributed by atoms with Gasteiger partial charge >= 0.3 is 5.69 Å². The number of aryl methyl sites for hydroxylation is 2. The molecule has 4 heterocycles. The average molecular weight is 541 g/mol. The molecule has 0 bridgehead atoms. The van der Waals surface area contributed by atoms with E-state index in [0.29, 0.717) is 44.5 Å². The van der Waals surface area contributed by atoms with E-state index in [4.69, 9.17) is 12.2 Å². The molecule has 1 amide bonds. The molecule has 1 N–H and O–H groups in total. The Morgan fingerprint density at radius 1 is 1.18 bits per heavy atom. The minimum Gasteiger partial charge on any atom is -0.358 e. The van der Waals surface area contributed by atoms with Crippen LogP contribution in [0.4, 0.5) is 5.13 Å². The number of aromatic nitrogens is 6. The first kappa shape index (κ1) is 24.9. The van der Waals surface area contributed by atoms with Crippen molar-refractivity contribution in [3.63, 3.8) is 0 Å². The summed E-state index contributed by atoms with van der Waals surface area (Å²) in [6.07, 6.45) is 2.66. The maximum atomic E-state index is 12.7. The molecule has 0 aromatic carbocycles. The number of likely N-dealkylation sites (tertiary alicyclic amines) is 1. The molecule has 1 aliphatic rings. The fraction of sp³-hybridized carbons (Fsp3) is 0.526. The van der Waals surface area contributed by atoms with E-state index in [1.54, 1.807) is 11.6 Å². The van der Waals surface area contributed by atoms with Gasteiger partial charge < -0.3 is 14.8 Å². The normalized spacial score (nSPS) is 13.7. The van der Waals surface area contributed by atoms with Gasteiger partial charge in [-0.25, -0.2) is 9.78 Å². The van der Waals surface area contributed by atoms with Crippen LogP contribution in [0.15, 0.2) is 19.1 Å². The molecule has 0 aliphatic carbocycles. The minimum absolute atomic E-state index is 0.149. The second-order valence-electron chi connectivity index (χ2n) is 7.60. The molecular weight excluding hydrogens is 517 g/mol. The van der Waals surface area contributed by atoms with E-state index >= 15 is 0 Å². The molecular formula is C19H24N8O3S4. The molecule has 34 heavy (non-hydrogen) atoms. The highest BCUT2D eigenvalue weighted by Gasteiger charge is 2.21. The summed E-state index contributed by atoms with van der Waals surface area (Å²) >= 11 is 9.40. The van der Waals surface area contributed by atoms with Crippen molar-refractivity contribution in [2.75, 3.05) is 24.2 Å². The maximum Gasteiger partial charge on any atom is 0.332 e. The Morgan fingerprint density at radius 3 is 2.62 bits per heavy atom. The second-order valence-corrected chi connectivity index (χ2v) is 11.5. The number of thiocarbonyl (C=S) groups is 1. The van der Waals surface area contributed by atoms with Gasteiger partial charge in [-0.05, 0) is 31.5 Å². The number of amides is 1. The summed E-state index contributed by atoms with van der Waals surface area (Å²) in [5, 5.41) is 11.9. The summed E-state index contributed by atoms with van der Waals surface area (Å²) < 4.78 is 5.59. The molecule has 1 saturated heterocycles. The van der Waals surface area contributed by atoms with Crippen LogP contribution < -0.4 is 16.6 Å². The molecule has 3 aromatic heterocycles. The predicted molar refractivity (Wildman–Crippen MR) is 139 cm³/mol. The molecule has 182 valence electrons. The van der Waals surface area contributed by atoms with Gasteiger partial charge in [0.15, 0.2) is 20.7 Å². The number of hydrogen-bond donors (Lipinski definition) is 1. The van der Waals surface area contributed by atoms with Crippen molar-refractivity contribution in [3.8, 4) is 0 Å². The monoisotopic (exact) mass is 540 g/mol. The van der Waals surface area contributed by atoms with Crippen molar-refractivity contribution < 1.29 is 4.79 Å². The van der Waals surface area contributed by atoms with Crippen molar-refractivity contribution in [2.24, 2.45) is 14.1 Å². The number of carbonyl (C=O) groups is 1. The van der Waals surface area contributed by atoms with E-state index in [0.717, 1.165) is 22.0 Å². The van der Waals surface area contributed by atoms with Crippen LogP contribution in [0.5, 0.6) is 0 Å². The van der Waals surface area contributed by atoms with Crippen molar-refractivity contribution >= 4 is 73.6 Å². The topological polar surface area (TPSA) is 120 Å². The molecule has 4 rings (SSSR count). The zero-order valence-corrected chi connectivity index (χ0v) is 22.2. The van der Waals surface area contributed by atoms with Crippen LogP contribution in [0.25, 0.3) is 11.2 Å². The van der Waals surface area contributed by atoms with Crippen LogP contribution in [0.3, 0.4) is 0 Å². The fourth-order valence-corrected chi connectivity index (χ4v) is 6.66. The molecule has 3 aromatic rings. The molecule has 0 unspecified atom stereocenters. The predicted octanol–water partition coefficient (Wildman–Crippen LogP) is 1.90. The van der Waals surface area contributed by atoms with Gasteiger partial charge in [0.1, 0.15) is 4.32 Å². The van der Waals surface area contributed by atoms with Gasteiger partial charge in [-0.2, -0.15) is 0 Å². The quantitative estimate of drug-likeness (QED) is 0.351. The Hall–Kier alpha value is -2.23. The van der Waals surface area contributed by atoms with E-state index in [1.165, 1.54) is 59.3 Å². The maximum absolute atomic E-state index is 12.7. The zero-order valence-electron chi connectivity index (χ0n) is 18.9. The highest BCUT2D eigenvalue weighted by atomic mass is 32.2. The van der Waals surface area contributed by atoms with Crippen molar-refractivity contribution in [1.29, 1.82) is 0 Å². The lowest BCUT2D eigenvalue weighted by Crippen LogP contribution is -2.37. The first-order valence-electron chi connectivity index (χ1n) is 10.7. The lowest BCUT2D eigenvalue weighted by atomic mass is 10.4. The summed E-state index contributed by atoms with van der Waals surface area (Å²) in [6, 6.07) is 0. The molecule has 1 fully saturated rings. The van der Waals surface area contributed by atoms with E-state index in [-0.39, 0.29) is 5.91 Å². The van der Waals surface area contributed by atoms with Crippen LogP contribution in [0.2, 0.25) is 0 Å².